The predicted molar refractivity (Wildman–Crippen MR) is 125 cm³/mol. The van der Waals surface area contributed by atoms with E-state index < -0.39 is 0 Å². The minimum atomic E-state index is 0.246. The van der Waals surface area contributed by atoms with Gasteiger partial charge >= 0.3 is 0 Å². The molecule has 2 heterocycles. The van der Waals surface area contributed by atoms with Crippen LogP contribution in [0.4, 0.5) is 5.69 Å². The molecule has 0 bridgehead atoms. The number of methoxy groups -OCH3 is 1. The Balaban J connectivity index is 1.36. The molecule has 2 unspecified atom stereocenters. The van der Waals surface area contributed by atoms with E-state index >= 15 is 0 Å². The van der Waals surface area contributed by atoms with E-state index in [-0.39, 0.29) is 5.78 Å². The van der Waals surface area contributed by atoms with Crippen LogP contribution in [-0.2, 0) is 11.2 Å². The summed E-state index contributed by atoms with van der Waals surface area (Å²) >= 11 is 0. The van der Waals surface area contributed by atoms with E-state index in [2.05, 4.69) is 34.9 Å². The molecular formula is C26H34N2O3. The Hall–Kier alpha value is -2.53. The monoisotopic (exact) mass is 422 g/mol. The predicted octanol–water partition coefficient (Wildman–Crippen LogP) is 4.29. The number of ether oxygens (including phenoxy) is 2. The minimum absolute atomic E-state index is 0.246. The Morgan fingerprint density at radius 1 is 1.13 bits per heavy atom. The first-order valence-corrected chi connectivity index (χ1v) is 11.5. The lowest BCUT2D eigenvalue weighted by Crippen LogP contribution is -2.47. The molecule has 2 aliphatic rings. The van der Waals surface area contributed by atoms with Gasteiger partial charge in [-0.3, -0.25) is 4.79 Å². The number of likely N-dealkylation sites (tertiary alicyclic amines) is 1. The van der Waals surface area contributed by atoms with Gasteiger partial charge in [-0.2, -0.15) is 0 Å². The minimum Gasteiger partial charge on any atom is -0.497 e. The van der Waals surface area contributed by atoms with Crippen molar-refractivity contribution in [3.05, 3.63) is 53.6 Å². The van der Waals surface area contributed by atoms with Crippen LogP contribution < -0.4 is 14.4 Å². The highest BCUT2D eigenvalue weighted by molar-refractivity contribution is 5.83. The van der Waals surface area contributed by atoms with Crippen molar-refractivity contribution in [1.29, 1.82) is 0 Å². The van der Waals surface area contributed by atoms with Crippen LogP contribution in [0.2, 0.25) is 0 Å². The van der Waals surface area contributed by atoms with Crippen molar-refractivity contribution in [3.8, 4) is 11.5 Å². The van der Waals surface area contributed by atoms with Crippen molar-refractivity contribution in [3.63, 3.8) is 0 Å². The molecule has 2 aromatic rings. The number of hydrogen-bond donors (Lipinski definition) is 0. The molecular weight excluding hydrogens is 388 g/mol. The fourth-order valence-electron chi connectivity index (χ4n) is 5.19. The van der Waals surface area contributed by atoms with Gasteiger partial charge in [0.25, 0.3) is 0 Å². The van der Waals surface area contributed by atoms with E-state index in [4.69, 9.17) is 9.47 Å². The third-order valence-corrected chi connectivity index (χ3v) is 6.62. The molecule has 2 aromatic carbocycles. The number of fused-ring (bicyclic) bond motifs is 3. The zero-order valence-corrected chi connectivity index (χ0v) is 19.0. The summed E-state index contributed by atoms with van der Waals surface area (Å²) in [7, 11) is 1.67. The number of anilines is 1. The van der Waals surface area contributed by atoms with Gasteiger partial charge in [0, 0.05) is 37.3 Å². The SMILES string of the molecule is CCc1cccc2c1N(CC(C)=O)C1CCN(CCCOc3ccc(OC)cc3)CC21. The number of Topliss-reactive ketones (excluding diaryl/α,β-unsaturated/α-hetero) is 1. The van der Waals surface area contributed by atoms with Gasteiger partial charge in [0.05, 0.1) is 20.3 Å². The molecule has 4 rings (SSSR count). The molecule has 0 saturated carbocycles. The Bertz CT molecular complexity index is 896. The quantitative estimate of drug-likeness (QED) is 0.564. The first kappa shape index (κ1) is 21.7. The highest BCUT2D eigenvalue weighted by Gasteiger charge is 2.42. The maximum atomic E-state index is 12.0. The molecule has 2 atom stereocenters. The number of ketones is 1. The largest absolute Gasteiger partial charge is 0.497 e. The highest BCUT2D eigenvalue weighted by atomic mass is 16.5. The summed E-state index contributed by atoms with van der Waals surface area (Å²) < 4.78 is 11.1. The second kappa shape index (κ2) is 9.73. The van der Waals surface area contributed by atoms with Crippen molar-refractivity contribution in [2.45, 2.75) is 45.1 Å². The third-order valence-electron chi connectivity index (χ3n) is 6.62. The lowest BCUT2D eigenvalue weighted by molar-refractivity contribution is -0.115. The van der Waals surface area contributed by atoms with Crippen LogP contribution in [0.15, 0.2) is 42.5 Å². The average molecular weight is 423 g/mol. The lowest BCUT2D eigenvalue weighted by Gasteiger charge is -2.39. The van der Waals surface area contributed by atoms with E-state index in [1.807, 2.05) is 24.3 Å². The number of benzene rings is 2. The van der Waals surface area contributed by atoms with Gasteiger partial charge < -0.3 is 19.3 Å². The van der Waals surface area contributed by atoms with E-state index in [0.717, 1.165) is 50.4 Å². The van der Waals surface area contributed by atoms with Crippen molar-refractivity contribution < 1.29 is 14.3 Å². The summed E-state index contributed by atoms with van der Waals surface area (Å²) in [6.07, 6.45) is 3.11. The van der Waals surface area contributed by atoms with Gasteiger partial charge in [0.15, 0.2) is 0 Å². The summed E-state index contributed by atoms with van der Waals surface area (Å²) in [5.74, 6) is 2.46. The van der Waals surface area contributed by atoms with Gasteiger partial charge in [-0.25, -0.2) is 0 Å². The van der Waals surface area contributed by atoms with Crippen LogP contribution in [-0.4, -0.2) is 56.6 Å². The number of piperidine rings is 1. The number of nitrogens with zero attached hydrogens (tertiary/aromatic N) is 2. The lowest BCUT2D eigenvalue weighted by atomic mass is 9.88. The molecule has 5 heteroatoms. The third kappa shape index (κ3) is 4.72. The van der Waals surface area contributed by atoms with Crippen molar-refractivity contribution >= 4 is 11.5 Å². The molecule has 1 saturated heterocycles. The van der Waals surface area contributed by atoms with Gasteiger partial charge in [-0.05, 0) is 61.6 Å². The Morgan fingerprint density at radius 2 is 1.90 bits per heavy atom. The van der Waals surface area contributed by atoms with Crippen LogP contribution >= 0.6 is 0 Å². The highest BCUT2D eigenvalue weighted by Crippen LogP contribution is 2.46. The molecule has 0 amide bonds. The Morgan fingerprint density at radius 3 is 2.61 bits per heavy atom. The van der Waals surface area contributed by atoms with E-state index in [0.29, 0.717) is 25.1 Å². The molecule has 166 valence electrons. The number of hydrogen-bond acceptors (Lipinski definition) is 5. The summed E-state index contributed by atoms with van der Waals surface area (Å²) in [5.41, 5.74) is 4.14. The van der Waals surface area contributed by atoms with Crippen molar-refractivity contribution in [2.24, 2.45) is 0 Å². The fraction of sp³-hybridized carbons (Fsp3) is 0.500. The maximum Gasteiger partial charge on any atom is 0.149 e. The zero-order valence-electron chi connectivity index (χ0n) is 19.0. The van der Waals surface area contributed by atoms with Crippen LogP contribution in [0.5, 0.6) is 11.5 Å². The molecule has 0 N–H and O–H groups in total. The van der Waals surface area contributed by atoms with Crippen LogP contribution in [0.1, 0.15) is 43.7 Å². The fourth-order valence-corrected chi connectivity index (χ4v) is 5.19. The van der Waals surface area contributed by atoms with Crippen LogP contribution in [0.25, 0.3) is 0 Å². The molecule has 0 spiro atoms. The Kier molecular flexibility index (Phi) is 6.81. The molecule has 2 aliphatic heterocycles. The summed E-state index contributed by atoms with van der Waals surface area (Å²) in [5, 5.41) is 0. The number of aryl methyl sites for hydroxylation is 1. The molecule has 1 fully saturated rings. The zero-order chi connectivity index (χ0) is 21.8. The molecule has 31 heavy (non-hydrogen) atoms. The second-order valence-corrected chi connectivity index (χ2v) is 8.68. The summed E-state index contributed by atoms with van der Waals surface area (Å²) in [6, 6.07) is 14.9. The van der Waals surface area contributed by atoms with Gasteiger partial charge in [0.2, 0.25) is 0 Å². The first-order valence-electron chi connectivity index (χ1n) is 11.5. The Labute approximate surface area is 185 Å². The standard InChI is InChI=1S/C26H34N2O3/c1-4-20-7-5-8-23-24-18-27(15-13-25(24)28(26(20)23)17-19(2)29)14-6-16-31-22-11-9-21(30-3)10-12-22/h5,7-12,24-25H,4,6,13-18H2,1-3H3. The molecule has 0 aliphatic carbocycles. The van der Waals surface area contributed by atoms with Gasteiger partial charge in [-0.1, -0.05) is 25.1 Å². The van der Waals surface area contributed by atoms with Gasteiger partial charge in [0.1, 0.15) is 17.3 Å². The van der Waals surface area contributed by atoms with Crippen LogP contribution in [0, 0.1) is 0 Å². The average Bonchev–Trinajstić information content (AvgIpc) is 3.10. The molecule has 0 aromatic heterocycles. The molecule has 0 radical (unpaired) electrons. The molecule has 5 nitrogen and oxygen atoms in total. The van der Waals surface area contributed by atoms with Gasteiger partial charge in [-0.15, -0.1) is 0 Å². The number of carbonyl (C=O) groups excluding carboxylic acids is 1. The number of rotatable bonds is 9. The van der Waals surface area contributed by atoms with Crippen molar-refractivity contribution in [1.82, 2.24) is 4.90 Å². The van der Waals surface area contributed by atoms with Crippen LogP contribution in [0.3, 0.4) is 0 Å². The van der Waals surface area contributed by atoms with E-state index in [1.54, 1.807) is 14.0 Å². The number of carbonyl (C=O) groups is 1. The normalized spacial score (nSPS) is 20.3. The van der Waals surface area contributed by atoms with E-state index in [1.165, 1.54) is 16.8 Å². The first-order chi connectivity index (χ1) is 15.1. The summed E-state index contributed by atoms with van der Waals surface area (Å²) in [6.45, 7) is 8.33. The second-order valence-electron chi connectivity index (χ2n) is 8.68. The van der Waals surface area contributed by atoms with E-state index in [9.17, 15) is 4.79 Å². The maximum absolute atomic E-state index is 12.0. The number of para-hydroxylation sites is 1. The topological polar surface area (TPSA) is 42.0 Å². The smallest absolute Gasteiger partial charge is 0.149 e. The summed E-state index contributed by atoms with van der Waals surface area (Å²) in [4.78, 5) is 17.0. The van der Waals surface area contributed by atoms with Crippen molar-refractivity contribution in [2.75, 3.05) is 44.8 Å².